The van der Waals surface area contributed by atoms with Gasteiger partial charge < -0.3 is 9.16 Å². The van der Waals surface area contributed by atoms with Gasteiger partial charge in [-0.3, -0.25) is 0 Å². The number of allylic oxidation sites excluding steroid dienone is 2. The first-order valence-corrected chi connectivity index (χ1v) is 7.87. The van der Waals surface area contributed by atoms with Gasteiger partial charge in [-0.15, -0.1) is 0 Å². The molecule has 3 heteroatoms. The lowest BCUT2D eigenvalue weighted by Crippen LogP contribution is -2.25. The fourth-order valence-corrected chi connectivity index (χ4v) is 1.87. The van der Waals surface area contributed by atoms with E-state index in [4.69, 9.17) is 9.16 Å². The van der Waals surface area contributed by atoms with Crippen LogP contribution < -0.4 is 0 Å². The summed E-state index contributed by atoms with van der Waals surface area (Å²) in [5.41, 5.74) is 1.03. The van der Waals surface area contributed by atoms with Crippen molar-refractivity contribution in [1.29, 1.82) is 0 Å². The van der Waals surface area contributed by atoms with Crippen LogP contribution in [0.5, 0.6) is 0 Å². The Morgan fingerprint density at radius 3 is 2.08 bits per heavy atom. The van der Waals surface area contributed by atoms with Crippen molar-refractivity contribution in [2.75, 3.05) is 7.11 Å². The summed E-state index contributed by atoms with van der Waals surface area (Å²) in [4.78, 5) is 0. The average Bonchev–Trinajstić information content (AvgIpc) is 1.99. The van der Waals surface area contributed by atoms with Crippen molar-refractivity contribution in [3.8, 4) is 0 Å². The molecule has 0 atom stereocenters. The summed E-state index contributed by atoms with van der Waals surface area (Å²) in [5, 5.41) is 0. The third-order valence-corrected chi connectivity index (χ3v) is 2.19. The zero-order valence-corrected chi connectivity index (χ0v) is 10.5. The van der Waals surface area contributed by atoms with E-state index in [0.717, 1.165) is 11.3 Å². The standard InChI is InChI=1S/C10H20O2Si/c1-7-10(9(2)8-11-3)12-13(4,5)6/h7-8H,1-6H3/b9-8+,10-7?. The lowest BCUT2D eigenvalue weighted by atomic mass is 10.3. The van der Waals surface area contributed by atoms with Crippen LogP contribution in [0.1, 0.15) is 13.8 Å². The molecule has 0 radical (unpaired) electrons. The van der Waals surface area contributed by atoms with E-state index >= 15 is 0 Å². The molecule has 0 saturated heterocycles. The summed E-state index contributed by atoms with van der Waals surface area (Å²) in [6.07, 6.45) is 3.68. The topological polar surface area (TPSA) is 18.5 Å². The monoisotopic (exact) mass is 200 g/mol. The molecule has 2 nitrogen and oxygen atoms in total. The van der Waals surface area contributed by atoms with Crippen LogP contribution in [0, 0.1) is 0 Å². The van der Waals surface area contributed by atoms with Gasteiger partial charge >= 0.3 is 0 Å². The Hall–Kier alpha value is -0.703. The molecule has 0 unspecified atom stereocenters. The highest BCUT2D eigenvalue weighted by Gasteiger charge is 2.17. The molecule has 0 rings (SSSR count). The number of hydrogen-bond acceptors (Lipinski definition) is 2. The van der Waals surface area contributed by atoms with Gasteiger partial charge in [0.2, 0.25) is 8.32 Å². The quantitative estimate of drug-likeness (QED) is 0.394. The van der Waals surface area contributed by atoms with Crippen LogP contribution in [0.4, 0.5) is 0 Å². The van der Waals surface area contributed by atoms with Crippen LogP contribution in [-0.2, 0) is 9.16 Å². The Labute approximate surface area is 82.4 Å². The van der Waals surface area contributed by atoms with Gasteiger partial charge in [-0.1, -0.05) is 0 Å². The lowest BCUT2D eigenvalue weighted by molar-refractivity contribution is 0.329. The van der Waals surface area contributed by atoms with E-state index in [2.05, 4.69) is 19.6 Å². The van der Waals surface area contributed by atoms with E-state index in [1.165, 1.54) is 0 Å². The minimum absolute atomic E-state index is 0.931. The summed E-state index contributed by atoms with van der Waals surface area (Å²) in [6.45, 7) is 10.4. The van der Waals surface area contributed by atoms with Gasteiger partial charge in [0.1, 0.15) is 5.76 Å². The van der Waals surface area contributed by atoms with E-state index in [1.54, 1.807) is 13.4 Å². The van der Waals surface area contributed by atoms with Gasteiger partial charge in [0.05, 0.1) is 13.4 Å². The van der Waals surface area contributed by atoms with E-state index in [0.29, 0.717) is 0 Å². The predicted molar refractivity (Wildman–Crippen MR) is 59.0 cm³/mol. The van der Waals surface area contributed by atoms with Crippen LogP contribution in [0.25, 0.3) is 0 Å². The maximum atomic E-state index is 5.85. The molecule has 0 amide bonds. The van der Waals surface area contributed by atoms with Gasteiger partial charge in [-0.2, -0.15) is 0 Å². The predicted octanol–water partition coefficient (Wildman–Crippen LogP) is 3.29. The van der Waals surface area contributed by atoms with Gasteiger partial charge in [0, 0.05) is 5.57 Å². The maximum Gasteiger partial charge on any atom is 0.242 e. The minimum atomic E-state index is -1.50. The first kappa shape index (κ1) is 12.3. The highest BCUT2D eigenvalue weighted by atomic mass is 28.4. The van der Waals surface area contributed by atoms with Crippen LogP contribution >= 0.6 is 0 Å². The molecule has 0 spiro atoms. The summed E-state index contributed by atoms with van der Waals surface area (Å²) < 4.78 is 10.8. The van der Waals surface area contributed by atoms with E-state index < -0.39 is 8.32 Å². The van der Waals surface area contributed by atoms with Crippen molar-refractivity contribution in [2.45, 2.75) is 33.5 Å². The summed E-state index contributed by atoms with van der Waals surface area (Å²) in [6, 6.07) is 0. The molecule has 0 aromatic rings. The van der Waals surface area contributed by atoms with Crippen molar-refractivity contribution in [3.63, 3.8) is 0 Å². The molecule has 0 heterocycles. The Kier molecular flexibility index (Phi) is 4.84. The second kappa shape index (κ2) is 5.12. The molecule has 0 saturated carbocycles. The molecule has 0 fully saturated rings. The molecule has 0 aromatic heterocycles. The fourth-order valence-electron chi connectivity index (χ4n) is 0.932. The maximum absolute atomic E-state index is 5.85. The van der Waals surface area contributed by atoms with Crippen molar-refractivity contribution in [1.82, 2.24) is 0 Å². The number of ether oxygens (including phenoxy) is 1. The summed E-state index contributed by atoms with van der Waals surface area (Å²) >= 11 is 0. The number of hydrogen-bond donors (Lipinski definition) is 0. The first-order valence-electron chi connectivity index (χ1n) is 4.46. The van der Waals surface area contributed by atoms with Gasteiger partial charge in [0.15, 0.2) is 0 Å². The number of rotatable bonds is 4. The van der Waals surface area contributed by atoms with E-state index in [9.17, 15) is 0 Å². The molecule has 13 heavy (non-hydrogen) atoms. The molecule has 0 aliphatic rings. The molecule has 0 bridgehead atoms. The smallest absolute Gasteiger partial charge is 0.242 e. The fraction of sp³-hybridized carbons (Fsp3) is 0.600. The summed E-state index contributed by atoms with van der Waals surface area (Å²) in [7, 11) is 0.146. The van der Waals surface area contributed by atoms with Gasteiger partial charge in [0.25, 0.3) is 0 Å². The minimum Gasteiger partial charge on any atom is -0.544 e. The second-order valence-electron chi connectivity index (χ2n) is 3.90. The third-order valence-electron chi connectivity index (χ3n) is 1.36. The Morgan fingerprint density at radius 2 is 1.77 bits per heavy atom. The van der Waals surface area contributed by atoms with Crippen LogP contribution in [-0.4, -0.2) is 15.4 Å². The highest BCUT2D eigenvalue weighted by molar-refractivity contribution is 6.70. The van der Waals surface area contributed by atoms with Crippen LogP contribution in [0.2, 0.25) is 19.6 Å². The molecule has 0 aliphatic heterocycles. The Balaban J connectivity index is 4.47. The van der Waals surface area contributed by atoms with Crippen molar-refractivity contribution in [2.24, 2.45) is 0 Å². The SMILES string of the molecule is CC=C(O[Si](C)(C)C)/C(C)=C/OC. The highest BCUT2D eigenvalue weighted by Crippen LogP contribution is 2.17. The Bertz CT molecular complexity index is 211. The molecular weight excluding hydrogens is 180 g/mol. The molecule has 76 valence electrons. The Morgan fingerprint density at radius 1 is 1.23 bits per heavy atom. The zero-order chi connectivity index (χ0) is 10.5. The molecule has 0 aliphatic carbocycles. The summed E-state index contributed by atoms with van der Waals surface area (Å²) in [5.74, 6) is 0.931. The van der Waals surface area contributed by atoms with Crippen molar-refractivity contribution >= 4 is 8.32 Å². The lowest BCUT2D eigenvalue weighted by Gasteiger charge is -2.21. The molecule has 0 aromatic carbocycles. The van der Waals surface area contributed by atoms with Crippen LogP contribution in [0.3, 0.4) is 0 Å². The van der Waals surface area contributed by atoms with E-state index in [1.807, 2.05) is 19.9 Å². The normalized spacial score (nSPS) is 14.3. The third kappa shape index (κ3) is 5.52. The van der Waals surface area contributed by atoms with Crippen molar-refractivity contribution in [3.05, 3.63) is 23.7 Å². The van der Waals surface area contributed by atoms with Crippen molar-refractivity contribution < 1.29 is 9.16 Å². The first-order chi connectivity index (χ1) is 5.90. The molecular formula is C10H20O2Si. The number of methoxy groups -OCH3 is 1. The van der Waals surface area contributed by atoms with Crippen LogP contribution in [0.15, 0.2) is 23.7 Å². The van der Waals surface area contributed by atoms with Gasteiger partial charge in [-0.25, -0.2) is 0 Å². The molecule has 0 N–H and O–H groups in total. The van der Waals surface area contributed by atoms with E-state index in [-0.39, 0.29) is 0 Å². The van der Waals surface area contributed by atoms with Gasteiger partial charge in [-0.05, 0) is 39.6 Å². The second-order valence-corrected chi connectivity index (χ2v) is 8.33. The average molecular weight is 200 g/mol. The zero-order valence-electron chi connectivity index (χ0n) is 9.47. The largest absolute Gasteiger partial charge is 0.544 e.